The standard InChI is InChI=1S/C60H56N2O/c1-5-19-50(49(6-2)23-10-7-8-15-41-62-44-48-31-34-52(35-32-48)51-24-11-9-12-25-51)26-16-21-47-22-17-27-53(42-47)54-33-30-45(3)58(43-54)60(46(4)20-18-40-61)55-36-38-56(39-37-55)63-59-29-14-13-28-57(59)60/h5-38,40-43,56,61-62H,4,39,44H2,1-3H3/b8-7-,19-5-,20-18-,21-16+,23-10+,41-15-,49-6+,50-26+,61-40?. The van der Waals surface area contributed by atoms with Crippen LogP contribution in [0.3, 0.4) is 0 Å². The van der Waals surface area contributed by atoms with Crippen molar-refractivity contribution in [1.29, 1.82) is 5.41 Å². The lowest BCUT2D eigenvalue weighted by Gasteiger charge is -2.43. The van der Waals surface area contributed by atoms with Gasteiger partial charge in [0.05, 0.1) is 5.41 Å². The van der Waals surface area contributed by atoms with Crippen molar-refractivity contribution in [2.45, 2.75) is 45.3 Å². The van der Waals surface area contributed by atoms with Gasteiger partial charge in [-0.3, -0.25) is 0 Å². The van der Waals surface area contributed by atoms with Gasteiger partial charge in [0.1, 0.15) is 11.9 Å². The lowest BCUT2D eigenvalue weighted by Crippen LogP contribution is -2.36. The van der Waals surface area contributed by atoms with Crippen LogP contribution in [0.5, 0.6) is 5.75 Å². The first-order valence-corrected chi connectivity index (χ1v) is 21.7. The maximum Gasteiger partial charge on any atom is 0.125 e. The Morgan fingerprint density at radius 1 is 0.730 bits per heavy atom. The molecule has 1 aliphatic carbocycles. The first-order chi connectivity index (χ1) is 30.9. The van der Waals surface area contributed by atoms with Crippen molar-refractivity contribution in [3.05, 3.63) is 275 Å². The van der Waals surface area contributed by atoms with E-state index in [2.05, 4.69) is 202 Å². The fourth-order valence-corrected chi connectivity index (χ4v) is 8.40. The second-order valence-corrected chi connectivity index (χ2v) is 15.6. The van der Waals surface area contributed by atoms with Crippen molar-refractivity contribution in [2.75, 3.05) is 0 Å². The molecule has 2 N–H and O–H groups in total. The molecule has 63 heavy (non-hydrogen) atoms. The highest BCUT2D eigenvalue weighted by molar-refractivity contribution is 5.76. The third kappa shape index (κ3) is 10.3. The Morgan fingerprint density at radius 2 is 1.48 bits per heavy atom. The van der Waals surface area contributed by atoms with Crippen LogP contribution in [-0.2, 0) is 12.0 Å². The molecule has 2 heterocycles. The minimum Gasteiger partial charge on any atom is -0.486 e. The monoisotopic (exact) mass is 820 g/mol. The average molecular weight is 821 g/mol. The molecule has 0 saturated carbocycles. The minimum atomic E-state index is -0.719. The summed E-state index contributed by atoms with van der Waals surface area (Å²) in [5.41, 5.74) is 14.0. The zero-order valence-electron chi connectivity index (χ0n) is 36.5. The normalized spacial score (nSPS) is 17.8. The van der Waals surface area contributed by atoms with Gasteiger partial charge >= 0.3 is 0 Å². The maximum atomic E-state index is 7.80. The molecular weight excluding hydrogens is 765 g/mol. The summed E-state index contributed by atoms with van der Waals surface area (Å²) in [6.07, 6.45) is 37.6. The summed E-state index contributed by atoms with van der Waals surface area (Å²) < 4.78 is 6.61. The van der Waals surface area contributed by atoms with Gasteiger partial charge in [0.2, 0.25) is 0 Å². The van der Waals surface area contributed by atoms with E-state index in [1.54, 1.807) is 6.08 Å². The maximum absolute atomic E-state index is 7.80. The van der Waals surface area contributed by atoms with Crippen LogP contribution >= 0.6 is 0 Å². The van der Waals surface area contributed by atoms with Crippen LogP contribution in [0.1, 0.15) is 48.1 Å². The lowest BCUT2D eigenvalue weighted by molar-refractivity contribution is 0.242. The van der Waals surface area contributed by atoms with Gasteiger partial charge in [-0.15, -0.1) is 0 Å². The largest absolute Gasteiger partial charge is 0.486 e. The van der Waals surface area contributed by atoms with Gasteiger partial charge in [-0.1, -0.05) is 189 Å². The van der Waals surface area contributed by atoms with Crippen LogP contribution in [0.15, 0.2) is 248 Å². The van der Waals surface area contributed by atoms with E-state index < -0.39 is 5.41 Å². The van der Waals surface area contributed by atoms with Crippen LogP contribution in [0.2, 0.25) is 0 Å². The highest BCUT2D eigenvalue weighted by Gasteiger charge is 2.44. The van der Waals surface area contributed by atoms with Gasteiger partial charge < -0.3 is 15.5 Å². The van der Waals surface area contributed by atoms with E-state index in [1.165, 1.54) is 28.5 Å². The Morgan fingerprint density at radius 3 is 2.25 bits per heavy atom. The van der Waals surface area contributed by atoms with Crippen LogP contribution < -0.4 is 10.1 Å². The number of fused-ring (bicyclic) bond motifs is 1. The summed E-state index contributed by atoms with van der Waals surface area (Å²) in [6, 6.07) is 42.9. The second-order valence-electron chi connectivity index (χ2n) is 15.6. The van der Waals surface area contributed by atoms with Crippen LogP contribution in [0.25, 0.3) is 28.3 Å². The SMILES string of the molecule is C=C(/C=C\C=N)C1(c2cc(-c3cccc(/C=C/C=C(\C=C/C)C(/C=C/C=C\C=C/NCc4ccc(-c5ccccc5)cc4)=C/C)c3)ccc2C)C2=CCC(C=C2)Oc2ccccc21. The highest BCUT2D eigenvalue weighted by atomic mass is 16.5. The summed E-state index contributed by atoms with van der Waals surface area (Å²) in [5.74, 6) is 0.857. The quantitative estimate of drug-likeness (QED) is 0.0769. The fourth-order valence-electron chi connectivity index (χ4n) is 8.40. The molecular formula is C60H56N2O. The van der Waals surface area contributed by atoms with E-state index in [1.807, 2.05) is 49.6 Å². The van der Waals surface area contributed by atoms with Crippen molar-refractivity contribution in [3.63, 3.8) is 0 Å². The number of hydrogen-bond acceptors (Lipinski definition) is 3. The van der Waals surface area contributed by atoms with Crippen molar-refractivity contribution < 1.29 is 4.74 Å². The molecule has 0 radical (unpaired) electrons. The summed E-state index contributed by atoms with van der Waals surface area (Å²) in [5, 5.41) is 11.2. The number of allylic oxidation sites excluding steroid dienone is 17. The first-order valence-electron chi connectivity index (χ1n) is 21.7. The summed E-state index contributed by atoms with van der Waals surface area (Å²) in [6.45, 7) is 11.7. The number of benzene rings is 5. The van der Waals surface area contributed by atoms with Crippen molar-refractivity contribution in [2.24, 2.45) is 0 Å². The topological polar surface area (TPSA) is 45.1 Å². The van der Waals surface area contributed by atoms with E-state index >= 15 is 0 Å². The Kier molecular flexibility index (Phi) is 14.8. The fraction of sp³-hybridized carbons (Fsp3) is 0.117. The lowest BCUT2D eigenvalue weighted by atomic mass is 9.61. The number of aryl methyl sites for hydroxylation is 1. The highest BCUT2D eigenvalue weighted by Crippen LogP contribution is 2.53. The third-order valence-corrected chi connectivity index (χ3v) is 11.5. The molecule has 0 aromatic heterocycles. The molecule has 3 nitrogen and oxygen atoms in total. The van der Waals surface area contributed by atoms with E-state index in [0.29, 0.717) is 0 Å². The molecule has 2 unspecified atom stereocenters. The number of para-hydroxylation sites is 1. The summed E-state index contributed by atoms with van der Waals surface area (Å²) >= 11 is 0. The van der Waals surface area contributed by atoms with Gasteiger partial charge in [0.25, 0.3) is 0 Å². The second kappa shape index (κ2) is 21.3. The summed E-state index contributed by atoms with van der Waals surface area (Å²) in [4.78, 5) is 0. The van der Waals surface area contributed by atoms with Gasteiger partial charge in [-0.05, 0) is 130 Å². The zero-order chi connectivity index (χ0) is 43.9. The number of ether oxygens (including phenoxy) is 1. The molecule has 312 valence electrons. The summed E-state index contributed by atoms with van der Waals surface area (Å²) in [7, 11) is 0. The van der Waals surface area contributed by atoms with Crippen LogP contribution in [0, 0.1) is 12.3 Å². The average Bonchev–Trinajstić information content (AvgIpc) is 3.31. The molecule has 2 aliphatic heterocycles. The molecule has 0 amide bonds. The Balaban J connectivity index is 1.06. The predicted octanol–water partition coefficient (Wildman–Crippen LogP) is 14.9. The molecule has 0 fully saturated rings. The first kappa shape index (κ1) is 43.6. The number of hydrogen-bond donors (Lipinski definition) is 2. The minimum absolute atomic E-state index is 0.00821. The molecule has 5 aromatic carbocycles. The molecule has 3 aliphatic rings. The zero-order valence-corrected chi connectivity index (χ0v) is 36.5. The van der Waals surface area contributed by atoms with Gasteiger partial charge in [-0.2, -0.15) is 0 Å². The molecule has 2 atom stereocenters. The van der Waals surface area contributed by atoms with E-state index in [0.717, 1.165) is 68.8 Å². The van der Waals surface area contributed by atoms with Crippen LogP contribution in [0.4, 0.5) is 0 Å². The third-order valence-electron chi connectivity index (χ3n) is 11.5. The Hall–Kier alpha value is -7.49. The van der Waals surface area contributed by atoms with E-state index in [4.69, 9.17) is 10.1 Å². The Bertz CT molecular complexity index is 2730. The van der Waals surface area contributed by atoms with Crippen molar-refractivity contribution in [1.82, 2.24) is 5.32 Å². The van der Waals surface area contributed by atoms with E-state index in [-0.39, 0.29) is 6.10 Å². The molecule has 8 rings (SSSR count). The molecule has 0 saturated heterocycles. The molecule has 2 bridgehead atoms. The van der Waals surface area contributed by atoms with Crippen molar-refractivity contribution in [3.8, 4) is 28.0 Å². The molecule has 3 heteroatoms. The van der Waals surface area contributed by atoms with Crippen molar-refractivity contribution >= 4 is 12.3 Å². The van der Waals surface area contributed by atoms with Gasteiger partial charge in [-0.25, -0.2) is 0 Å². The Labute approximate surface area is 374 Å². The smallest absolute Gasteiger partial charge is 0.125 e. The molecule has 0 spiro atoms. The predicted molar refractivity (Wildman–Crippen MR) is 269 cm³/mol. The molecule has 5 aromatic rings. The van der Waals surface area contributed by atoms with Crippen LogP contribution in [-0.4, -0.2) is 12.3 Å². The van der Waals surface area contributed by atoms with E-state index in [9.17, 15) is 0 Å². The van der Waals surface area contributed by atoms with Gasteiger partial charge in [0, 0.05) is 24.7 Å². The number of rotatable bonds is 16. The number of nitrogens with one attached hydrogen (secondary N) is 2. The van der Waals surface area contributed by atoms with Gasteiger partial charge in [0.15, 0.2) is 0 Å².